The molecule has 122 valence electrons. The van der Waals surface area contributed by atoms with Gasteiger partial charge in [-0.1, -0.05) is 6.92 Å². The second kappa shape index (κ2) is 6.91. The van der Waals surface area contributed by atoms with Gasteiger partial charge >= 0.3 is 5.97 Å². The van der Waals surface area contributed by atoms with Crippen LogP contribution in [0.3, 0.4) is 0 Å². The first-order valence-corrected chi connectivity index (χ1v) is 8.60. The fourth-order valence-corrected chi connectivity index (χ4v) is 2.73. The van der Waals surface area contributed by atoms with Crippen LogP contribution in [0.1, 0.15) is 44.0 Å². The van der Waals surface area contributed by atoms with Crippen molar-refractivity contribution in [2.45, 2.75) is 44.0 Å². The monoisotopic (exact) mass is 327 g/mol. The van der Waals surface area contributed by atoms with Crippen molar-refractivity contribution in [2.24, 2.45) is 0 Å². The quantitative estimate of drug-likeness (QED) is 0.796. The van der Waals surface area contributed by atoms with Crippen molar-refractivity contribution in [3.8, 4) is 0 Å². The van der Waals surface area contributed by atoms with Crippen LogP contribution in [0.15, 0.2) is 29.2 Å². The van der Waals surface area contributed by atoms with Gasteiger partial charge in [0, 0.05) is 17.5 Å². The summed E-state index contributed by atoms with van der Waals surface area (Å²) < 4.78 is 23.4. The van der Waals surface area contributed by atoms with Crippen molar-refractivity contribution >= 4 is 21.7 Å². The third-order valence-electron chi connectivity index (χ3n) is 3.27. The molecule has 0 spiro atoms. The standard InChI is InChI=1S/C15H21NO5S/c1-4-22(20,21)12-7-5-11(6-8-12)14(19)16-15(2,3)10-9-13(17)18/h5-8H,4,9-10H2,1-3H3,(H,16,19)(H,17,18). The third-order valence-corrected chi connectivity index (χ3v) is 5.02. The minimum atomic E-state index is -3.29. The van der Waals surface area contributed by atoms with Crippen LogP contribution in [-0.2, 0) is 14.6 Å². The SMILES string of the molecule is CCS(=O)(=O)c1ccc(C(=O)NC(C)(C)CCC(=O)O)cc1. The maximum atomic E-state index is 12.1. The Morgan fingerprint density at radius 2 is 1.73 bits per heavy atom. The summed E-state index contributed by atoms with van der Waals surface area (Å²) >= 11 is 0. The van der Waals surface area contributed by atoms with Gasteiger partial charge in [-0.2, -0.15) is 0 Å². The van der Waals surface area contributed by atoms with Crippen molar-refractivity contribution < 1.29 is 23.1 Å². The molecule has 0 aliphatic heterocycles. The second-order valence-corrected chi connectivity index (χ2v) is 7.94. The lowest BCUT2D eigenvalue weighted by Crippen LogP contribution is -2.43. The molecular formula is C15H21NO5S. The topological polar surface area (TPSA) is 101 Å². The average molecular weight is 327 g/mol. The number of aliphatic carboxylic acids is 1. The van der Waals surface area contributed by atoms with Gasteiger partial charge in [-0.3, -0.25) is 9.59 Å². The number of amides is 1. The van der Waals surface area contributed by atoms with E-state index in [1.165, 1.54) is 24.3 Å². The molecule has 0 aliphatic carbocycles. The number of hydrogen-bond acceptors (Lipinski definition) is 4. The molecule has 0 heterocycles. The molecule has 2 N–H and O–H groups in total. The normalized spacial score (nSPS) is 12.0. The van der Waals surface area contributed by atoms with E-state index in [2.05, 4.69) is 5.32 Å². The maximum absolute atomic E-state index is 12.1. The summed E-state index contributed by atoms with van der Waals surface area (Å²) in [6.07, 6.45) is 0.261. The maximum Gasteiger partial charge on any atom is 0.303 e. The Hall–Kier alpha value is -1.89. The molecule has 0 aliphatic rings. The Bertz CT molecular complexity index is 647. The molecule has 0 atom stereocenters. The molecule has 6 nitrogen and oxygen atoms in total. The molecule has 1 aromatic carbocycles. The predicted octanol–water partition coefficient (Wildman–Crippen LogP) is 1.85. The van der Waals surface area contributed by atoms with Gasteiger partial charge in [-0.25, -0.2) is 8.42 Å². The van der Waals surface area contributed by atoms with Gasteiger partial charge in [0.2, 0.25) is 0 Å². The zero-order chi connectivity index (χ0) is 17.0. The Labute approximate surface area is 130 Å². The number of benzene rings is 1. The summed E-state index contributed by atoms with van der Waals surface area (Å²) in [6.45, 7) is 5.04. The van der Waals surface area contributed by atoms with Gasteiger partial charge < -0.3 is 10.4 Å². The van der Waals surface area contributed by atoms with Gasteiger partial charge in [0.25, 0.3) is 5.91 Å². The minimum absolute atomic E-state index is 0.000757. The molecule has 0 saturated heterocycles. The van der Waals surface area contributed by atoms with Crippen LogP contribution in [0.5, 0.6) is 0 Å². The summed E-state index contributed by atoms with van der Waals surface area (Å²) in [5.41, 5.74) is -0.331. The summed E-state index contributed by atoms with van der Waals surface area (Å²) in [5, 5.41) is 11.4. The predicted molar refractivity (Wildman–Crippen MR) is 82.6 cm³/mol. The highest BCUT2D eigenvalue weighted by Crippen LogP contribution is 2.15. The fraction of sp³-hybridized carbons (Fsp3) is 0.467. The third kappa shape index (κ3) is 5.14. The van der Waals surface area contributed by atoms with Crippen molar-refractivity contribution in [2.75, 3.05) is 5.75 Å². The molecule has 1 amide bonds. The minimum Gasteiger partial charge on any atom is -0.481 e. The Morgan fingerprint density at radius 3 is 2.18 bits per heavy atom. The van der Waals surface area contributed by atoms with Crippen LogP contribution >= 0.6 is 0 Å². The van der Waals surface area contributed by atoms with E-state index in [4.69, 9.17) is 5.11 Å². The number of carboxylic acids is 1. The van der Waals surface area contributed by atoms with E-state index in [9.17, 15) is 18.0 Å². The molecule has 1 rings (SSSR count). The number of nitrogens with one attached hydrogen (secondary N) is 1. The van der Waals surface area contributed by atoms with Crippen molar-refractivity contribution in [3.05, 3.63) is 29.8 Å². The molecule has 0 fully saturated rings. The van der Waals surface area contributed by atoms with Crippen LogP contribution in [0.2, 0.25) is 0 Å². The van der Waals surface area contributed by atoms with E-state index < -0.39 is 21.3 Å². The van der Waals surface area contributed by atoms with E-state index in [-0.39, 0.29) is 23.0 Å². The first-order valence-electron chi connectivity index (χ1n) is 6.94. The van der Waals surface area contributed by atoms with Gasteiger partial charge in [0.1, 0.15) is 0 Å². The van der Waals surface area contributed by atoms with Gasteiger partial charge in [0.15, 0.2) is 9.84 Å². The van der Waals surface area contributed by atoms with E-state index in [0.717, 1.165) is 0 Å². The van der Waals surface area contributed by atoms with Gasteiger partial charge in [-0.05, 0) is 44.5 Å². The highest BCUT2D eigenvalue weighted by Gasteiger charge is 2.22. The molecule has 0 aromatic heterocycles. The molecule has 7 heteroatoms. The first kappa shape index (κ1) is 18.2. The summed E-state index contributed by atoms with van der Waals surface area (Å²) in [7, 11) is -3.29. The fourth-order valence-electron chi connectivity index (χ4n) is 1.84. The van der Waals surface area contributed by atoms with Gasteiger partial charge in [0.05, 0.1) is 10.6 Å². The molecule has 0 bridgehead atoms. The lowest BCUT2D eigenvalue weighted by Gasteiger charge is -2.25. The lowest BCUT2D eigenvalue weighted by atomic mass is 9.98. The number of hydrogen-bond donors (Lipinski definition) is 2. The molecule has 0 unspecified atom stereocenters. The van der Waals surface area contributed by atoms with Gasteiger partial charge in [-0.15, -0.1) is 0 Å². The second-order valence-electron chi connectivity index (χ2n) is 5.66. The Balaban J connectivity index is 2.80. The van der Waals surface area contributed by atoms with Crippen LogP contribution in [0.25, 0.3) is 0 Å². The van der Waals surface area contributed by atoms with Crippen molar-refractivity contribution in [3.63, 3.8) is 0 Å². The molecule has 22 heavy (non-hydrogen) atoms. The first-order chi connectivity index (χ1) is 10.1. The van der Waals surface area contributed by atoms with E-state index in [1.54, 1.807) is 20.8 Å². The summed E-state index contributed by atoms with van der Waals surface area (Å²) in [6, 6.07) is 5.70. The number of rotatable bonds is 7. The molecule has 0 saturated carbocycles. The molecular weight excluding hydrogens is 306 g/mol. The number of carboxylic acid groups (broad SMARTS) is 1. The van der Waals surface area contributed by atoms with Crippen molar-refractivity contribution in [1.82, 2.24) is 5.32 Å². The van der Waals surface area contributed by atoms with E-state index in [1.807, 2.05) is 0 Å². The Kier molecular flexibility index (Phi) is 5.71. The summed E-state index contributed by atoms with van der Waals surface area (Å²) in [5.74, 6) is -1.28. The average Bonchev–Trinajstić information content (AvgIpc) is 2.45. The number of carbonyl (C=O) groups excluding carboxylic acids is 1. The van der Waals surface area contributed by atoms with Crippen LogP contribution in [-0.4, -0.2) is 36.7 Å². The van der Waals surface area contributed by atoms with Crippen LogP contribution < -0.4 is 5.32 Å². The number of sulfone groups is 1. The van der Waals surface area contributed by atoms with E-state index >= 15 is 0 Å². The zero-order valence-electron chi connectivity index (χ0n) is 12.9. The van der Waals surface area contributed by atoms with Crippen molar-refractivity contribution in [1.29, 1.82) is 0 Å². The lowest BCUT2D eigenvalue weighted by molar-refractivity contribution is -0.137. The Morgan fingerprint density at radius 1 is 1.18 bits per heavy atom. The van der Waals surface area contributed by atoms with Crippen LogP contribution in [0, 0.1) is 0 Å². The molecule has 1 aromatic rings. The highest BCUT2D eigenvalue weighted by molar-refractivity contribution is 7.91. The highest BCUT2D eigenvalue weighted by atomic mass is 32.2. The molecule has 0 radical (unpaired) electrons. The van der Waals surface area contributed by atoms with Crippen LogP contribution in [0.4, 0.5) is 0 Å². The number of carbonyl (C=O) groups is 2. The largest absolute Gasteiger partial charge is 0.481 e. The smallest absolute Gasteiger partial charge is 0.303 e. The summed E-state index contributed by atoms with van der Waals surface area (Å²) in [4.78, 5) is 22.9. The zero-order valence-corrected chi connectivity index (χ0v) is 13.7. The van der Waals surface area contributed by atoms with E-state index in [0.29, 0.717) is 12.0 Å².